The van der Waals surface area contributed by atoms with Crippen molar-refractivity contribution in [1.29, 1.82) is 0 Å². The summed E-state index contributed by atoms with van der Waals surface area (Å²) in [6.45, 7) is 0. The van der Waals surface area contributed by atoms with Crippen LogP contribution in [0.2, 0.25) is 0 Å². The molecule has 2 aromatic heterocycles. The first-order valence-electron chi connectivity index (χ1n) is 7.74. The van der Waals surface area contributed by atoms with Crippen LogP contribution in [0.4, 0.5) is 13.2 Å². The van der Waals surface area contributed by atoms with E-state index in [0.29, 0.717) is 11.3 Å². The lowest BCUT2D eigenvalue weighted by Gasteiger charge is -2.06. The molecule has 0 saturated carbocycles. The lowest BCUT2D eigenvalue weighted by molar-refractivity contribution is -0.137. The van der Waals surface area contributed by atoms with E-state index in [-0.39, 0.29) is 0 Å². The van der Waals surface area contributed by atoms with Crippen molar-refractivity contribution < 1.29 is 13.2 Å². The number of nitrogens with zero attached hydrogens (tertiary/aromatic N) is 2. The summed E-state index contributed by atoms with van der Waals surface area (Å²) in [6, 6.07) is 20.5. The number of imidazole rings is 1. The fourth-order valence-corrected chi connectivity index (χ4v) is 2.86. The van der Waals surface area contributed by atoms with Gasteiger partial charge in [0, 0.05) is 17.3 Å². The van der Waals surface area contributed by atoms with Crippen molar-refractivity contribution in [3.8, 4) is 22.6 Å². The first-order valence-corrected chi connectivity index (χ1v) is 7.74. The Labute approximate surface area is 142 Å². The number of alkyl halides is 3. The molecule has 0 amide bonds. The van der Waals surface area contributed by atoms with E-state index in [1.165, 1.54) is 12.1 Å². The van der Waals surface area contributed by atoms with Crippen LogP contribution in [0.5, 0.6) is 0 Å². The fraction of sp³-hybridized carbons (Fsp3) is 0.0500. The largest absolute Gasteiger partial charge is 0.416 e. The van der Waals surface area contributed by atoms with E-state index < -0.39 is 11.7 Å². The fourth-order valence-electron chi connectivity index (χ4n) is 2.86. The van der Waals surface area contributed by atoms with Crippen LogP contribution >= 0.6 is 0 Å². The number of halogens is 3. The molecule has 2 nitrogen and oxygen atoms in total. The Morgan fingerprint density at radius 3 is 2.08 bits per heavy atom. The van der Waals surface area contributed by atoms with Gasteiger partial charge in [-0.2, -0.15) is 13.2 Å². The smallest absolute Gasteiger partial charge is 0.299 e. The second-order valence-corrected chi connectivity index (χ2v) is 5.68. The average Bonchev–Trinajstić information content (AvgIpc) is 3.02. The highest BCUT2D eigenvalue weighted by Gasteiger charge is 2.30. The third-order valence-electron chi connectivity index (χ3n) is 4.07. The van der Waals surface area contributed by atoms with Crippen LogP contribution in [-0.2, 0) is 6.18 Å². The Hall–Kier alpha value is -3.08. The lowest BCUT2D eigenvalue weighted by Crippen LogP contribution is -2.04. The molecule has 0 unspecified atom stereocenters. The number of benzene rings is 2. The Bertz CT molecular complexity index is 1020. The first-order chi connectivity index (χ1) is 12.0. The molecule has 0 aliphatic heterocycles. The van der Waals surface area contributed by atoms with E-state index in [9.17, 15) is 13.2 Å². The molecule has 124 valence electrons. The van der Waals surface area contributed by atoms with Gasteiger partial charge in [-0.3, -0.25) is 4.40 Å². The van der Waals surface area contributed by atoms with Gasteiger partial charge in [0.15, 0.2) is 0 Å². The van der Waals surface area contributed by atoms with Gasteiger partial charge < -0.3 is 0 Å². The van der Waals surface area contributed by atoms with Crippen molar-refractivity contribution in [2.45, 2.75) is 6.18 Å². The molecule has 0 aliphatic carbocycles. The summed E-state index contributed by atoms with van der Waals surface area (Å²) < 4.78 is 40.3. The summed E-state index contributed by atoms with van der Waals surface area (Å²) in [5.41, 5.74) is 2.44. The summed E-state index contributed by atoms with van der Waals surface area (Å²) in [5.74, 6) is 0.756. The summed E-state index contributed by atoms with van der Waals surface area (Å²) in [6.07, 6.45) is -2.44. The number of rotatable bonds is 2. The average molecular weight is 338 g/mol. The first kappa shape index (κ1) is 15.4. The van der Waals surface area contributed by atoms with Gasteiger partial charge in [-0.05, 0) is 24.3 Å². The van der Waals surface area contributed by atoms with E-state index in [1.54, 1.807) is 0 Å². The molecule has 0 radical (unpaired) electrons. The Balaban J connectivity index is 1.88. The Morgan fingerprint density at radius 2 is 1.40 bits per heavy atom. The van der Waals surface area contributed by atoms with Crippen LogP contribution in [0, 0.1) is 0 Å². The monoisotopic (exact) mass is 338 g/mol. The van der Waals surface area contributed by atoms with Gasteiger partial charge in [0.1, 0.15) is 5.82 Å². The number of aromatic nitrogens is 2. The number of hydrogen-bond donors (Lipinski definition) is 0. The topological polar surface area (TPSA) is 17.3 Å². The molecule has 4 aromatic rings. The third-order valence-corrected chi connectivity index (χ3v) is 4.07. The zero-order valence-corrected chi connectivity index (χ0v) is 13.0. The Kier molecular flexibility index (Phi) is 3.57. The molecule has 0 aliphatic rings. The quantitative estimate of drug-likeness (QED) is 0.459. The van der Waals surface area contributed by atoms with Gasteiger partial charge in [-0.1, -0.05) is 48.5 Å². The second kappa shape index (κ2) is 5.77. The molecule has 0 fully saturated rings. The third kappa shape index (κ3) is 2.78. The SMILES string of the molecule is FC(F)(F)c1ccc(-c2nc(-c3ccccc3)n3ccccc23)cc1. The molecule has 0 bridgehead atoms. The molecule has 0 N–H and O–H groups in total. The van der Waals surface area contributed by atoms with E-state index in [2.05, 4.69) is 0 Å². The van der Waals surface area contributed by atoms with Crippen LogP contribution in [0.3, 0.4) is 0 Å². The molecular formula is C20H13F3N2. The maximum Gasteiger partial charge on any atom is 0.416 e. The molecule has 4 rings (SSSR count). The van der Waals surface area contributed by atoms with Crippen molar-refractivity contribution in [3.05, 3.63) is 84.6 Å². The van der Waals surface area contributed by atoms with Gasteiger partial charge >= 0.3 is 6.18 Å². The minimum absolute atomic E-state index is 0.652. The van der Waals surface area contributed by atoms with Gasteiger partial charge in [0.2, 0.25) is 0 Å². The molecule has 2 aromatic carbocycles. The van der Waals surface area contributed by atoms with E-state index >= 15 is 0 Å². The minimum Gasteiger partial charge on any atom is -0.299 e. The summed E-state index contributed by atoms with van der Waals surface area (Å²) in [5, 5.41) is 0. The molecule has 5 heteroatoms. The summed E-state index contributed by atoms with van der Waals surface area (Å²) >= 11 is 0. The van der Waals surface area contributed by atoms with Crippen LogP contribution in [-0.4, -0.2) is 9.38 Å². The molecule has 0 saturated heterocycles. The number of pyridine rings is 1. The standard InChI is InChI=1S/C20H13F3N2/c21-20(22,23)16-11-9-14(10-12-16)18-17-8-4-5-13-25(17)19(24-18)15-6-2-1-3-7-15/h1-13H. The maximum absolute atomic E-state index is 12.8. The normalized spacial score (nSPS) is 11.8. The van der Waals surface area contributed by atoms with Crippen molar-refractivity contribution in [1.82, 2.24) is 9.38 Å². The predicted molar refractivity (Wildman–Crippen MR) is 91.1 cm³/mol. The Morgan fingerprint density at radius 1 is 0.720 bits per heavy atom. The zero-order valence-electron chi connectivity index (χ0n) is 13.0. The highest BCUT2D eigenvalue weighted by molar-refractivity contribution is 5.81. The molecular weight excluding hydrogens is 325 g/mol. The van der Waals surface area contributed by atoms with Crippen molar-refractivity contribution in [2.75, 3.05) is 0 Å². The summed E-state index contributed by atoms with van der Waals surface area (Å²) in [7, 11) is 0. The molecule has 0 spiro atoms. The molecule has 0 atom stereocenters. The van der Waals surface area contributed by atoms with Crippen LogP contribution < -0.4 is 0 Å². The van der Waals surface area contributed by atoms with Crippen LogP contribution in [0.15, 0.2) is 79.0 Å². The van der Waals surface area contributed by atoms with Gasteiger partial charge in [0.25, 0.3) is 0 Å². The van der Waals surface area contributed by atoms with Gasteiger partial charge in [-0.25, -0.2) is 4.98 Å². The van der Waals surface area contributed by atoms with Gasteiger partial charge in [-0.15, -0.1) is 0 Å². The van der Waals surface area contributed by atoms with E-state index in [0.717, 1.165) is 29.0 Å². The van der Waals surface area contributed by atoms with Crippen molar-refractivity contribution >= 4 is 5.52 Å². The summed E-state index contributed by atoms with van der Waals surface area (Å²) in [4.78, 5) is 4.70. The zero-order chi connectivity index (χ0) is 17.4. The molecule has 2 heterocycles. The minimum atomic E-state index is -4.34. The number of hydrogen-bond acceptors (Lipinski definition) is 1. The van der Waals surface area contributed by atoms with E-state index in [1.807, 2.05) is 59.1 Å². The van der Waals surface area contributed by atoms with Crippen molar-refractivity contribution in [2.24, 2.45) is 0 Å². The number of fused-ring (bicyclic) bond motifs is 1. The highest BCUT2D eigenvalue weighted by Crippen LogP contribution is 2.33. The van der Waals surface area contributed by atoms with Crippen LogP contribution in [0.25, 0.3) is 28.2 Å². The second-order valence-electron chi connectivity index (χ2n) is 5.68. The predicted octanol–water partition coefficient (Wildman–Crippen LogP) is 5.69. The van der Waals surface area contributed by atoms with E-state index in [4.69, 9.17) is 4.98 Å². The highest BCUT2D eigenvalue weighted by atomic mass is 19.4. The van der Waals surface area contributed by atoms with Crippen molar-refractivity contribution in [3.63, 3.8) is 0 Å². The van der Waals surface area contributed by atoms with Gasteiger partial charge in [0.05, 0.1) is 16.8 Å². The van der Waals surface area contributed by atoms with Crippen LogP contribution in [0.1, 0.15) is 5.56 Å². The lowest BCUT2D eigenvalue weighted by atomic mass is 10.1. The molecule has 25 heavy (non-hydrogen) atoms. The maximum atomic E-state index is 12.8.